The van der Waals surface area contributed by atoms with E-state index in [9.17, 15) is 0 Å². The number of ether oxygens (including phenoxy) is 1. The van der Waals surface area contributed by atoms with Crippen LogP contribution in [0.4, 0.5) is 0 Å². The van der Waals surface area contributed by atoms with Gasteiger partial charge in [0.05, 0.1) is 7.11 Å². The zero-order valence-corrected chi connectivity index (χ0v) is 10.6. The first-order valence-corrected chi connectivity index (χ1v) is 8.50. The Morgan fingerprint density at radius 1 is 1.25 bits per heavy atom. The molecular weight excluding hydrogens is 228 g/mol. The summed E-state index contributed by atoms with van der Waals surface area (Å²) in [5.74, 6) is 0.992. The normalized spacial score (nSPS) is 9.33. The third kappa shape index (κ3) is 1.95. The van der Waals surface area contributed by atoms with E-state index in [2.05, 4.69) is 32.8 Å². The second kappa shape index (κ2) is 4.49. The van der Waals surface area contributed by atoms with Gasteiger partial charge in [-0.1, -0.05) is 11.6 Å². The van der Waals surface area contributed by atoms with E-state index in [0.29, 0.717) is 0 Å². The quantitative estimate of drug-likeness (QED) is 0.717. The van der Waals surface area contributed by atoms with Gasteiger partial charge < -0.3 is 4.74 Å². The predicted octanol–water partition coefficient (Wildman–Crippen LogP) is 1.95. The van der Waals surface area contributed by atoms with E-state index in [1.807, 2.05) is 6.07 Å². The molecule has 0 saturated carbocycles. The van der Waals surface area contributed by atoms with Crippen molar-refractivity contribution in [1.29, 1.82) is 0 Å². The molecule has 0 aromatic heterocycles. The number of rotatable bonds is 2. The van der Waals surface area contributed by atoms with Gasteiger partial charge in [-0.25, -0.2) is 0 Å². The molecule has 0 spiro atoms. The van der Waals surface area contributed by atoms with Gasteiger partial charge in [0.1, 0.15) is 5.75 Å². The zero-order chi connectivity index (χ0) is 9.14. The van der Waals surface area contributed by atoms with Crippen LogP contribution >= 0.6 is 12.9 Å². The molecule has 0 heterocycles. The maximum absolute atomic E-state index is 5.23. The highest BCUT2D eigenvalue weighted by molar-refractivity contribution is 9.23. The molecule has 0 fully saturated rings. The maximum atomic E-state index is 5.23. The van der Waals surface area contributed by atoms with Crippen LogP contribution < -0.4 is 8.43 Å². The van der Waals surface area contributed by atoms with Gasteiger partial charge >= 0.3 is 18.2 Å². The summed E-state index contributed by atoms with van der Waals surface area (Å²) in [5, 5.41) is 0. The molecule has 0 N–H and O–H groups in total. The predicted molar refractivity (Wildman–Crippen MR) is 56.8 cm³/mol. The van der Waals surface area contributed by atoms with Crippen molar-refractivity contribution in [2.24, 2.45) is 0 Å². The highest BCUT2D eigenvalue weighted by atomic mass is 79.9. The lowest BCUT2D eigenvalue weighted by atomic mass is 10.1. The van der Waals surface area contributed by atoms with E-state index < -0.39 is 0 Å². The van der Waals surface area contributed by atoms with E-state index in [-0.39, 0.29) is 18.2 Å². The first kappa shape index (κ1) is 10.3. The van der Waals surface area contributed by atoms with Crippen molar-refractivity contribution >= 4 is 34.8 Å². The number of hydrogen-bond acceptors (Lipinski definition) is 1. The van der Waals surface area contributed by atoms with E-state index in [1.54, 1.807) is 7.11 Å². The summed E-state index contributed by atoms with van der Waals surface area (Å²) in [5.41, 5.74) is 2.64. The van der Waals surface area contributed by atoms with Gasteiger partial charge in [-0.3, -0.25) is 12.9 Å². The molecule has 0 unspecified atom stereocenters. The monoisotopic (exact) mass is 238 g/mol. The van der Waals surface area contributed by atoms with Crippen LogP contribution in [0, 0.1) is 13.8 Å². The molecule has 0 radical (unpaired) electrons. The van der Waals surface area contributed by atoms with Gasteiger partial charge in [0.25, 0.3) is 0 Å². The maximum Gasteiger partial charge on any atom is 0.507 e. The van der Waals surface area contributed by atoms with E-state index in [4.69, 9.17) is 4.74 Å². The summed E-state index contributed by atoms with van der Waals surface area (Å²) in [4.78, 5) is 0. The lowest BCUT2D eigenvalue weighted by Gasteiger charge is -2.10. The highest BCUT2D eigenvalue weighted by Gasteiger charge is 2.05. The fraction of sp³-hybridized carbons (Fsp3) is 0.333. The van der Waals surface area contributed by atoms with Crippen molar-refractivity contribution in [2.45, 2.75) is 13.8 Å². The lowest BCUT2D eigenvalue weighted by molar-refractivity contribution is 0.411. The molecule has 3 heteroatoms. The Kier molecular flexibility index (Phi) is 3.87. The van der Waals surface area contributed by atoms with Crippen molar-refractivity contribution in [3.05, 3.63) is 23.3 Å². The fourth-order valence-electron chi connectivity index (χ4n) is 1.22. The topological polar surface area (TPSA) is 9.23 Å². The minimum Gasteiger partial charge on any atom is -0.496 e. The first-order valence-electron chi connectivity index (χ1n) is 3.89. The van der Waals surface area contributed by atoms with Crippen LogP contribution in [-0.2, 0) is 0 Å². The summed E-state index contributed by atoms with van der Waals surface area (Å²) < 4.78 is 6.69. The van der Waals surface area contributed by atoms with Crippen molar-refractivity contribution in [2.75, 3.05) is 7.11 Å². The van der Waals surface area contributed by atoms with Gasteiger partial charge in [0, 0.05) is 0 Å². The van der Waals surface area contributed by atoms with Crippen LogP contribution in [0.5, 0.6) is 5.75 Å². The number of methoxy groups -OCH3 is 1. The average molecular weight is 239 g/mol. The molecule has 0 aliphatic heterocycles. The summed E-state index contributed by atoms with van der Waals surface area (Å²) in [6.45, 7) is 4.26. The molecule has 0 aliphatic carbocycles. The van der Waals surface area contributed by atoms with Gasteiger partial charge in [0.15, 0.2) is 0 Å². The van der Waals surface area contributed by atoms with Crippen molar-refractivity contribution in [3.63, 3.8) is 0 Å². The molecular formula is C9H11BrMgO. The van der Waals surface area contributed by atoms with Crippen LogP contribution in [0.1, 0.15) is 11.1 Å². The molecule has 1 rings (SSSR count). The van der Waals surface area contributed by atoms with Crippen molar-refractivity contribution in [1.82, 2.24) is 0 Å². The van der Waals surface area contributed by atoms with Crippen LogP contribution in [-0.4, -0.2) is 25.3 Å². The Hall–Kier alpha value is 0.266. The number of benzene rings is 1. The third-order valence-corrected chi connectivity index (χ3v) is 5.08. The van der Waals surface area contributed by atoms with Crippen LogP contribution in [0.2, 0.25) is 0 Å². The van der Waals surface area contributed by atoms with Crippen LogP contribution in [0.25, 0.3) is 0 Å². The Balaban J connectivity index is 3.20. The molecule has 0 aliphatic rings. The molecule has 0 saturated heterocycles. The van der Waals surface area contributed by atoms with Crippen LogP contribution in [0.15, 0.2) is 12.1 Å². The Morgan fingerprint density at radius 2 is 1.92 bits per heavy atom. The summed E-state index contributed by atoms with van der Waals surface area (Å²) in [7, 11) is 1.72. The molecule has 62 valence electrons. The summed E-state index contributed by atoms with van der Waals surface area (Å²) in [6.07, 6.45) is 0. The Bertz CT molecular complexity index is 257. The minimum atomic E-state index is -0.226. The summed E-state index contributed by atoms with van der Waals surface area (Å²) >= 11 is 3.36. The van der Waals surface area contributed by atoms with Gasteiger partial charge in [0.2, 0.25) is 0 Å². The first-order chi connectivity index (χ1) is 5.70. The smallest absolute Gasteiger partial charge is 0.496 e. The molecule has 0 bridgehead atoms. The van der Waals surface area contributed by atoms with Gasteiger partial charge in [-0.2, -0.15) is 0 Å². The highest BCUT2D eigenvalue weighted by Crippen LogP contribution is 2.18. The lowest BCUT2D eigenvalue weighted by Crippen LogP contribution is -2.14. The number of halogens is 1. The summed E-state index contributed by atoms with van der Waals surface area (Å²) in [6, 6.07) is 4.20. The standard InChI is InChI=1S/C9H11O.BrH.Mg/c1-7-5-4-6-9(10-3)8(7)2;;/h4,6H,1-3H3;1H;/q;;+1/p-1. The van der Waals surface area contributed by atoms with Gasteiger partial charge in [-0.15, -0.1) is 3.69 Å². The van der Waals surface area contributed by atoms with Gasteiger partial charge in [-0.05, 0) is 25.5 Å². The number of hydrogen-bond donors (Lipinski definition) is 0. The second-order valence-electron chi connectivity index (χ2n) is 2.81. The van der Waals surface area contributed by atoms with Crippen LogP contribution in [0.3, 0.4) is 0 Å². The molecule has 1 aromatic carbocycles. The average Bonchev–Trinajstić information content (AvgIpc) is 2.10. The fourth-order valence-corrected chi connectivity index (χ4v) is 3.71. The zero-order valence-electron chi connectivity index (χ0n) is 7.65. The Labute approximate surface area is 89.1 Å². The Morgan fingerprint density at radius 3 is 2.42 bits per heavy atom. The molecule has 1 nitrogen and oxygen atoms in total. The largest absolute Gasteiger partial charge is 0.507 e. The molecule has 0 atom stereocenters. The minimum absolute atomic E-state index is 0.226. The van der Waals surface area contributed by atoms with Crippen molar-refractivity contribution < 1.29 is 4.74 Å². The van der Waals surface area contributed by atoms with Crippen molar-refractivity contribution in [3.8, 4) is 5.75 Å². The molecule has 0 amide bonds. The van der Waals surface area contributed by atoms with E-state index in [0.717, 1.165) is 5.75 Å². The second-order valence-corrected chi connectivity index (χ2v) is 5.52. The third-order valence-electron chi connectivity index (χ3n) is 2.21. The molecule has 12 heavy (non-hydrogen) atoms. The van der Waals surface area contributed by atoms with E-state index in [1.165, 1.54) is 14.8 Å². The molecule has 1 aromatic rings. The van der Waals surface area contributed by atoms with E-state index >= 15 is 0 Å². The SMILES string of the molecule is COc1cc[c]([Mg][Br])c(C)c1C.